The van der Waals surface area contributed by atoms with Crippen LogP contribution in [-0.2, 0) is 10.0 Å². The zero-order valence-electron chi connectivity index (χ0n) is 16.3. The maximum absolute atomic E-state index is 12.9. The number of piperazine rings is 1. The zero-order chi connectivity index (χ0) is 20.6. The molecule has 3 aromatic rings. The number of thiazole rings is 1. The summed E-state index contributed by atoms with van der Waals surface area (Å²) in [4.78, 5) is 19.4. The molecule has 2 heterocycles. The molecule has 1 aliphatic rings. The summed E-state index contributed by atoms with van der Waals surface area (Å²) in [5.74, 6) is -0.378. The number of amides is 1. The Bertz CT molecular complexity index is 1170. The molecule has 1 fully saturated rings. The summed E-state index contributed by atoms with van der Waals surface area (Å²) >= 11 is 1.39. The highest BCUT2D eigenvalue weighted by molar-refractivity contribution is 7.89. The number of nitrogens with one attached hydrogen (secondary N) is 1. The minimum atomic E-state index is -3.63. The number of hydrogen-bond donors (Lipinski definition) is 1. The predicted molar refractivity (Wildman–Crippen MR) is 115 cm³/mol. The smallest absolute Gasteiger partial charge is 0.257 e. The number of carbonyl (C=O) groups is 1. The monoisotopic (exact) mass is 430 g/mol. The second-order valence-electron chi connectivity index (χ2n) is 7.13. The number of carbonyl (C=O) groups excluding carboxylic acids is 1. The van der Waals surface area contributed by atoms with E-state index < -0.39 is 10.0 Å². The summed E-state index contributed by atoms with van der Waals surface area (Å²) < 4.78 is 28.4. The average Bonchev–Trinajstić information content (AvgIpc) is 3.12. The van der Waals surface area contributed by atoms with Crippen molar-refractivity contribution in [3.63, 3.8) is 0 Å². The summed E-state index contributed by atoms with van der Waals surface area (Å²) in [6.45, 7) is 4.24. The Morgan fingerprint density at radius 1 is 1.10 bits per heavy atom. The van der Waals surface area contributed by atoms with Crippen molar-refractivity contribution >= 4 is 42.6 Å². The van der Waals surface area contributed by atoms with Gasteiger partial charge in [-0.1, -0.05) is 29.5 Å². The molecule has 4 rings (SSSR count). The van der Waals surface area contributed by atoms with Crippen LogP contribution >= 0.6 is 11.3 Å². The van der Waals surface area contributed by atoms with E-state index in [-0.39, 0.29) is 16.4 Å². The van der Waals surface area contributed by atoms with Gasteiger partial charge in [0.1, 0.15) is 0 Å². The summed E-state index contributed by atoms with van der Waals surface area (Å²) in [5, 5.41) is 3.28. The van der Waals surface area contributed by atoms with Crippen LogP contribution in [0.3, 0.4) is 0 Å². The lowest BCUT2D eigenvalue weighted by Crippen LogP contribution is -2.47. The van der Waals surface area contributed by atoms with E-state index in [1.54, 1.807) is 12.1 Å². The Labute approximate surface area is 174 Å². The first kappa shape index (κ1) is 20.0. The van der Waals surface area contributed by atoms with Gasteiger partial charge in [-0.15, -0.1) is 0 Å². The fourth-order valence-corrected chi connectivity index (χ4v) is 5.69. The van der Waals surface area contributed by atoms with Gasteiger partial charge in [-0.05, 0) is 43.8 Å². The number of rotatable bonds is 4. The van der Waals surface area contributed by atoms with Gasteiger partial charge < -0.3 is 4.90 Å². The largest absolute Gasteiger partial charge is 0.304 e. The summed E-state index contributed by atoms with van der Waals surface area (Å²) in [5.41, 5.74) is 2.19. The SMILES string of the molecule is Cc1cccc2sc(NC(=O)c3cccc(S(=O)(=O)N4CCN(C)CC4)c3)nc12. The highest BCUT2D eigenvalue weighted by atomic mass is 32.2. The minimum Gasteiger partial charge on any atom is -0.304 e. The molecule has 1 saturated heterocycles. The van der Waals surface area contributed by atoms with Gasteiger partial charge in [0.05, 0.1) is 15.1 Å². The number of anilines is 1. The molecular weight excluding hydrogens is 408 g/mol. The number of sulfonamides is 1. The molecule has 1 aliphatic heterocycles. The number of hydrogen-bond acceptors (Lipinski definition) is 6. The van der Waals surface area contributed by atoms with Crippen LogP contribution in [-0.4, -0.2) is 61.7 Å². The number of fused-ring (bicyclic) bond motifs is 1. The lowest BCUT2D eigenvalue weighted by molar-refractivity contribution is 0.102. The van der Waals surface area contributed by atoms with E-state index in [9.17, 15) is 13.2 Å². The molecule has 0 radical (unpaired) electrons. The third kappa shape index (κ3) is 4.04. The molecular formula is C20H22N4O3S2. The molecule has 152 valence electrons. The molecule has 0 spiro atoms. The van der Waals surface area contributed by atoms with Crippen LogP contribution in [0.15, 0.2) is 47.4 Å². The molecule has 0 unspecified atom stereocenters. The second kappa shape index (κ2) is 7.83. The fourth-order valence-electron chi connectivity index (χ4n) is 3.28. The van der Waals surface area contributed by atoms with Gasteiger partial charge in [0.2, 0.25) is 10.0 Å². The molecule has 9 heteroatoms. The van der Waals surface area contributed by atoms with Crippen LogP contribution in [0.4, 0.5) is 5.13 Å². The van der Waals surface area contributed by atoms with Crippen molar-refractivity contribution in [2.75, 3.05) is 38.5 Å². The van der Waals surface area contributed by atoms with Crippen LogP contribution < -0.4 is 5.32 Å². The quantitative estimate of drug-likeness (QED) is 0.688. The molecule has 0 atom stereocenters. The molecule has 2 aromatic carbocycles. The Hall–Kier alpha value is -2.33. The van der Waals surface area contributed by atoms with Crippen molar-refractivity contribution in [1.82, 2.24) is 14.2 Å². The highest BCUT2D eigenvalue weighted by Crippen LogP contribution is 2.28. The highest BCUT2D eigenvalue weighted by Gasteiger charge is 2.28. The standard InChI is InChI=1S/C20H22N4O3S2/c1-14-5-3-8-17-18(14)21-20(28-17)22-19(25)15-6-4-7-16(13-15)29(26,27)24-11-9-23(2)10-12-24/h3-8,13H,9-12H2,1-2H3,(H,21,22,25). The van der Waals surface area contributed by atoms with E-state index in [0.29, 0.717) is 31.3 Å². The van der Waals surface area contributed by atoms with Gasteiger partial charge in [0, 0.05) is 31.7 Å². The van der Waals surface area contributed by atoms with E-state index in [4.69, 9.17) is 0 Å². The minimum absolute atomic E-state index is 0.134. The Morgan fingerprint density at radius 2 is 1.83 bits per heavy atom. The van der Waals surface area contributed by atoms with Crippen molar-refractivity contribution in [3.05, 3.63) is 53.6 Å². The van der Waals surface area contributed by atoms with Gasteiger partial charge in [-0.3, -0.25) is 10.1 Å². The van der Waals surface area contributed by atoms with Crippen LogP contribution in [0.2, 0.25) is 0 Å². The van der Waals surface area contributed by atoms with Gasteiger partial charge in [-0.2, -0.15) is 4.31 Å². The Kier molecular flexibility index (Phi) is 5.39. The molecule has 0 aliphatic carbocycles. The first-order valence-corrected chi connectivity index (χ1v) is 11.6. The van der Waals surface area contributed by atoms with Crippen molar-refractivity contribution in [1.29, 1.82) is 0 Å². The third-order valence-corrected chi connectivity index (χ3v) is 7.87. The average molecular weight is 431 g/mol. The number of aromatic nitrogens is 1. The lowest BCUT2D eigenvalue weighted by atomic mass is 10.2. The van der Waals surface area contributed by atoms with Crippen molar-refractivity contribution in [2.45, 2.75) is 11.8 Å². The molecule has 0 saturated carbocycles. The van der Waals surface area contributed by atoms with E-state index in [1.165, 1.54) is 27.8 Å². The van der Waals surface area contributed by atoms with Crippen LogP contribution in [0.5, 0.6) is 0 Å². The maximum Gasteiger partial charge on any atom is 0.257 e. The number of para-hydroxylation sites is 1. The van der Waals surface area contributed by atoms with Crippen LogP contribution in [0.1, 0.15) is 15.9 Å². The van der Waals surface area contributed by atoms with Crippen molar-refractivity contribution < 1.29 is 13.2 Å². The molecule has 1 amide bonds. The van der Waals surface area contributed by atoms with Crippen LogP contribution in [0.25, 0.3) is 10.2 Å². The Balaban J connectivity index is 1.56. The van der Waals surface area contributed by atoms with Crippen molar-refractivity contribution in [2.24, 2.45) is 0 Å². The normalized spacial score (nSPS) is 16.2. The first-order valence-electron chi connectivity index (χ1n) is 9.31. The third-order valence-electron chi connectivity index (χ3n) is 5.04. The molecule has 7 nitrogen and oxygen atoms in total. The van der Waals surface area contributed by atoms with E-state index in [1.807, 2.05) is 32.2 Å². The van der Waals surface area contributed by atoms with E-state index in [2.05, 4.69) is 15.2 Å². The fraction of sp³-hybridized carbons (Fsp3) is 0.300. The topological polar surface area (TPSA) is 82.6 Å². The Morgan fingerprint density at radius 3 is 2.55 bits per heavy atom. The lowest BCUT2D eigenvalue weighted by Gasteiger charge is -2.31. The molecule has 1 aromatic heterocycles. The van der Waals surface area contributed by atoms with Gasteiger partial charge in [0.25, 0.3) is 5.91 Å². The molecule has 29 heavy (non-hydrogen) atoms. The summed E-state index contributed by atoms with van der Waals surface area (Å²) in [6, 6.07) is 12.1. The van der Waals surface area contributed by atoms with E-state index >= 15 is 0 Å². The number of nitrogens with zero attached hydrogens (tertiary/aromatic N) is 3. The number of likely N-dealkylation sites (N-methyl/N-ethyl adjacent to an activating group) is 1. The first-order chi connectivity index (χ1) is 13.8. The number of aryl methyl sites for hydroxylation is 1. The van der Waals surface area contributed by atoms with Gasteiger partial charge in [0.15, 0.2) is 5.13 Å². The maximum atomic E-state index is 12.9. The van der Waals surface area contributed by atoms with E-state index in [0.717, 1.165) is 15.8 Å². The molecule has 0 bridgehead atoms. The molecule has 1 N–H and O–H groups in total. The zero-order valence-corrected chi connectivity index (χ0v) is 17.9. The van der Waals surface area contributed by atoms with Gasteiger partial charge >= 0.3 is 0 Å². The summed E-state index contributed by atoms with van der Waals surface area (Å²) in [6.07, 6.45) is 0. The number of benzene rings is 2. The summed E-state index contributed by atoms with van der Waals surface area (Å²) in [7, 11) is -1.66. The predicted octanol–water partition coefficient (Wildman–Crippen LogP) is 2.79. The van der Waals surface area contributed by atoms with Crippen molar-refractivity contribution in [3.8, 4) is 0 Å². The van der Waals surface area contributed by atoms with Gasteiger partial charge in [-0.25, -0.2) is 13.4 Å². The van der Waals surface area contributed by atoms with Crippen LogP contribution in [0, 0.1) is 6.92 Å². The second-order valence-corrected chi connectivity index (χ2v) is 10.1.